The number of hydrogen-bond donors (Lipinski definition) is 0. The first kappa shape index (κ1) is 45.2. The number of aromatic nitrogens is 2. The third-order valence-corrected chi connectivity index (χ3v) is 11.6. The third kappa shape index (κ3) is 10.8. The lowest BCUT2D eigenvalue weighted by molar-refractivity contribution is -0.439. The van der Waals surface area contributed by atoms with Gasteiger partial charge in [0.05, 0.1) is 19.0 Å². The molecule has 52 heavy (non-hydrogen) atoms. The van der Waals surface area contributed by atoms with E-state index in [-0.39, 0.29) is 37.1 Å². The Bertz CT molecular complexity index is 1380. The molecule has 0 N–H and O–H groups in total. The van der Waals surface area contributed by atoms with E-state index >= 15 is 0 Å². The summed E-state index contributed by atoms with van der Waals surface area (Å²) in [6, 6.07) is 5.62. The highest BCUT2D eigenvalue weighted by Crippen LogP contribution is 2.61. The van der Waals surface area contributed by atoms with Gasteiger partial charge in [-0.05, 0) is 37.1 Å². The fourth-order valence-corrected chi connectivity index (χ4v) is 7.21. The Morgan fingerprint density at radius 3 is 1.73 bits per heavy atom. The first-order valence-electron chi connectivity index (χ1n) is 16.2. The fraction of sp³-hybridized carbons (Fsp3) is 0.688. The summed E-state index contributed by atoms with van der Waals surface area (Å²) in [5.74, 6) is -35.9. The highest BCUT2D eigenvalue weighted by atomic mass is 28.3. The molecule has 0 aliphatic heterocycles. The van der Waals surface area contributed by atoms with E-state index < -0.39 is 75.3 Å². The van der Waals surface area contributed by atoms with Gasteiger partial charge in [-0.1, -0.05) is 57.8 Å². The van der Waals surface area contributed by atoms with Gasteiger partial charge in [-0.25, -0.2) is 18.7 Å². The Morgan fingerprint density at radius 2 is 1.19 bits per heavy atom. The van der Waals surface area contributed by atoms with Crippen LogP contribution in [0.1, 0.15) is 51.9 Å². The molecule has 0 fully saturated rings. The monoisotopic (exact) mass is 796 g/mol. The minimum Gasteiger partial charge on any atom is -0.494 e. The maximum Gasteiger partial charge on any atom is 0.460 e. The van der Waals surface area contributed by atoms with Gasteiger partial charge >= 0.3 is 35.8 Å². The standard InChI is InChI=1S/C32H39F15N2O2Si/c1-4-5-6-9-24(33)25(34)20-51-23-18-48-26(49-19-23)21-10-12-22(13-11-21)50-15-7-8-16-52(2,3)17-14-27(35,36)28(37,38)29(39,40)30(41,42)31(43,44)32(45,46)47/h10-13,18-19,24-25H,4-9,14-17,20H2,1-3H3/t24-,25-/m0/s1. The Labute approximate surface area is 291 Å². The maximum atomic E-state index is 14.2. The molecular weight excluding hydrogens is 757 g/mol. The van der Waals surface area contributed by atoms with Crippen molar-refractivity contribution in [2.75, 3.05) is 13.2 Å². The largest absolute Gasteiger partial charge is 0.494 e. The molecular formula is C32H39F15N2O2Si. The van der Waals surface area contributed by atoms with Crippen molar-refractivity contribution in [3.8, 4) is 22.9 Å². The second kappa shape index (κ2) is 17.5. The van der Waals surface area contributed by atoms with Crippen molar-refractivity contribution in [1.82, 2.24) is 9.97 Å². The normalized spacial score (nSPS) is 15.0. The molecule has 1 aromatic carbocycles. The van der Waals surface area contributed by atoms with Crippen LogP contribution in [-0.4, -0.2) is 79.4 Å². The number of nitrogens with zero attached hydrogens (tertiary/aromatic N) is 2. The summed E-state index contributed by atoms with van der Waals surface area (Å²) in [7, 11) is -2.95. The van der Waals surface area contributed by atoms with Gasteiger partial charge in [0.1, 0.15) is 18.5 Å². The molecule has 0 radical (unpaired) electrons. The van der Waals surface area contributed by atoms with E-state index in [1.807, 2.05) is 6.92 Å². The van der Waals surface area contributed by atoms with Crippen molar-refractivity contribution in [1.29, 1.82) is 0 Å². The molecule has 0 saturated carbocycles. The van der Waals surface area contributed by atoms with Crippen LogP contribution in [0.3, 0.4) is 0 Å². The molecule has 0 spiro atoms. The second-order valence-electron chi connectivity index (χ2n) is 13.1. The van der Waals surface area contributed by atoms with Gasteiger partial charge in [-0.3, -0.25) is 0 Å². The highest BCUT2D eigenvalue weighted by Gasteiger charge is 2.90. The van der Waals surface area contributed by atoms with Crippen molar-refractivity contribution < 1.29 is 75.3 Å². The summed E-state index contributed by atoms with van der Waals surface area (Å²) >= 11 is 0. The number of benzene rings is 1. The quantitative estimate of drug-likeness (QED) is 0.0676. The molecule has 298 valence electrons. The van der Waals surface area contributed by atoms with Crippen molar-refractivity contribution >= 4 is 8.07 Å². The minimum atomic E-state index is -7.90. The Balaban J connectivity index is 1.84. The van der Waals surface area contributed by atoms with E-state index in [1.165, 1.54) is 25.5 Å². The van der Waals surface area contributed by atoms with Crippen molar-refractivity contribution in [3.05, 3.63) is 36.7 Å². The summed E-state index contributed by atoms with van der Waals surface area (Å²) in [5, 5.41) is 0. The van der Waals surface area contributed by atoms with Crippen LogP contribution in [0, 0.1) is 0 Å². The molecule has 0 amide bonds. The van der Waals surface area contributed by atoms with Gasteiger partial charge < -0.3 is 9.47 Å². The molecule has 0 saturated heterocycles. The van der Waals surface area contributed by atoms with Crippen LogP contribution < -0.4 is 9.47 Å². The molecule has 1 aromatic heterocycles. The summed E-state index contributed by atoms with van der Waals surface area (Å²) < 4.78 is 213. The van der Waals surface area contributed by atoms with Gasteiger partial charge in [0.25, 0.3) is 0 Å². The maximum absolute atomic E-state index is 14.2. The van der Waals surface area contributed by atoms with Gasteiger partial charge in [-0.15, -0.1) is 0 Å². The molecule has 4 nitrogen and oxygen atoms in total. The third-order valence-electron chi connectivity index (χ3n) is 8.26. The molecule has 2 rings (SSSR count). The summed E-state index contributed by atoms with van der Waals surface area (Å²) in [4.78, 5) is 8.27. The van der Waals surface area contributed by atoms with E-state index in [2.05, 4.69) is 9.97 Å². The van der Waals surface area contributed by atoms with Crippen LogP contribution in [0.25, 0.3) is 11.4 Å². The Kier molecular flexibility index (Phi) is 15.2. The zero-order valence-corrected chi connectivity index (χ0v) is 29.3. The number of unbranched alkanes of at least 4 members (excludes halogenated alkanes) is 3. The van der Waals surface area contributed by atoms with Crippen molar-refractivity contribution in [2.45, 2.75) is 125 Å². The van der Waals surface area contributed by atoms with E-state index in [1.54, 1.807) is 24.3 Å². The predicted octanol–water partition coefficient (Wildman–Crippen LogP) is 11.8. The van der Waals surface area contributed by atoms with Crippen LogP contribution in [0.5, 0.6) is 11.5 Å². The van der Waals surface area contributed by atoms with Crippen LogP contribution in [0.2, 0.25) is 25.2 Å². The lowest BCUT2D eigenvalue weighted by Crippen LogP contribution is -2.70. The average Bonchev–Trinajstić information content (AvgIpc) is 3.06. The van der Waals surface area contributed by atoms with Crippen LogP contribution in [0.15, 0.2) is 36.7 Å². The zero-order valence-electron chi connectivity index (χ0n) is 28.3. The summed E-state index contributed by atoms with van der Waals surface area (Å²) in [6.07, 6.45) is -7.51. The van der Waals surface area contributed by atoms with Gasteiger partial charge in [0, 0.05) is 20.1 Å². The Hall–Kier alpha value is -2.93. The van der Waals surface area contributed by atoms with Gasteiger partial charge in [0.2, 0.25) is 0 Å². The summed E-state index contributed by atoms with van der Waals surface area (Å²) in [5.41, 5.74) is 0.563. The number of hydrogen-bond acceptors (Lipinski definition) is 4. The number of ether oxygens (including phenoxy) is 2. The van der Waals surface area contributed by atoms with E-state index in [0.717, 1.165) is 12.8 Å². The molecule has 20 heteroatoms. The topological polar surface area (TPSA) is 44.2 Å². The first-order chi connectivity index (χ1) is 23.7. The first-order valence-corrected chi connectivity index (χ1v) is 19.6. The van der Waals surface area contributed by atoms with Crippen LogP contribution in [0.4, 0.5) is 65.9 Å². The number of rotatable bonds is 22. The minimum absolute atomic E-state index is 0.0865. The molecule has 0 bridgehead atoms. The van der Waals surface area contributed by atoms with Crippen molar-refractivity contribution in [2.24, 2.45) is 0 Å². The zero-order chi connectivity index (χ0) is 39.8. The van der Waals surface area contributed by atoms with E-state index in [9.17, 15) is 65.9 Å². The van der Waals surface area contributed by atoms with E-state index in [4.69, 9.17) is 9.47 Å². The molecule has 0 unspecified atom stereocenters. The van der Waals surface area contributed by atoms with Crippen molar-refractivity contribution in [3.63, 3.8) is 0 Å². The number of halogens is 15. The smallest absolute Gasteiger partial charge is 0.460 e. The van der Waals surface area contributed by atoms with Crippen LogP contribution in [-0.2, 0) is 0 Å². The molecule has 2 aromatic rings. The predicted molar refractivity (Wildman–Crippen MR) is 164 cm³/mol. The molecule has 2 atom stereocenters. The molecule has 1 heterocycles. The van der Waals surface area contributed by atoms with Crippen LogP contribution >= 0.6 is 0 Å². The fourth-order valence-electron chi connectivity index (χ4n) is 4.77. The lowest BCUT2D eigenvalue weighted by Gasteiger charge is -2.40. The average molecular weight is 797 g/mol. The second-order valence-corrected chi connectivity index (χ2v) is 18.4. The Morgan fingerprint density at radius 1 is 0.635 bits per heavy atom. The SMILES string of the molecule is CCCCC[C@H](F)[C@@H](F)COc1cnc(-c2ccc(OCCCC[Si](C)(C)CCC(F)(F)C(F)(F)C(F)(F)C(F)(F)C(F)(F)C(F)(F)F)cc2)nc1. The van der Waals surface area contributed by atoms with Gasteiger partial charge in [0.15, 0.2) is 17.7 Å². The summed E-state index contributed by atoms with van der Waals surface area (Å²) in [6.45, 7) is 4.32. The number of alkyl halides is 15. The van der Waals surface area contributed by atoms with Gasteiger partial charge in [-0.2, -0.15) is 57.1 Å². The molecule has 0 aliphatic carbocycles. The molecule has 0 aliphatic rings. The highest BCUT2D eigenvalue weighted by molar-refractivity contribution is 6.77. The van der Waals surface area contributed by atoms with E-state index in [0.29, 0.717) is 24.2 Å². The lowest BCUT2D eigenvalue weighted by atomic mass is 9.93.